The molecule has 0 radical (unpaired) electrons. The number of carboxylic acids is 1. The molecule has 0 atom stereocenters. The van der Waals surface area contributed by atoms with Gasteiger partial charge in [0.1, 0.15) is 0 Å². The first-order valence-electron chi connectivity index (χ1n) is 5.41. The Morgan fingerprint density at radius 3 is 2.56 bits per heavy atom. The smallest absolute Gasteiger partial charge is 0.335 e. The summed E-state index contributed by atoms with van der Waals surface area (Å²) >= 11 is 1.50. The topological polar surface area (TPSA) is 66.4 Å². The Labute approximate surface area is 110 Å². The second kappa shape index (κ2) is 7.55. The van der Waals surface area contributed by atoms with Gasteiger partial charge in [-0.25, -0.2) is 4.79 Å². The molecule has 0 aliphatic carbocycles. The van der Waals surface area contributed by atoms with E-state index in [9.17, 15) is 9.59 Å². The molecular weight excluding hydrogens is 250 g/mol. The molecule has 4 nitrogen and oxygen atoms in total. The summed E-state index contributed by atoms with van der Waals surface area (Å²) in [6.45, 7) is 3.98. The van der Waals surface area contributed by atoms with Gasteiger partial charge in [0.05, 0.1) is 11.3 Å². The lowest BCUT2D eigenvalue weighted by Crippen LogP contribution is -2.24. The van der Waals surface area contributed by atoms with Crippen molar-refractivity contribution in [1.82, 2.24) is 5.32 Å². The Morgan fingerprint density at radius 2 is 2.00 bits per heavy atom. The molecule has 96 valence electrons. The Hall–Kier alpha value is -1.75. The third kappa shape index (κ3) is 5.05. The highest BCUT2D eigenvalue weighted by Crippen LogP contribution is 2.04. The van der Waals surface area contributed by atoms with Crippen molar-refractivity contribution >= 4 is 23.6 Å². The monoisotopic (exact) mass is 265 g/mol. The maximum absolute atomic E-state index is 11.4. The lowest BCUT2D eigenvalue weighted by molar-refractivity contribution is -0.118. The van der Waals surface area contributed by atoms with Crippen molar-refractivity contribution in [3.8, 4) is 0 Å². The van der Waals surface area contributed by atoms with Crippen LogP contribution in [-0.2, 0) is 11.3 Å². The molecule has 0 spiro atoms. The van der Waals surface area contributed by atoms with Gasteiger partial charge in [0, 0.05) is 12.3 Å². The largest absolute Gasteiger partial charge is 0.478 e. The van der Waals surface area contributed by atoms with E-state index < -0.39 is 5.97 Å². The normalized spacial score (nSPS) is 9.78. The number of aromatic carboxylic acids is 1. The molecule has 1 rings (SSSR count). The number of amides is 1. The van der Waals surface area contributed by atoms with Gasteiger partial charge in [0.25, 0.3) is 0 Å². The van der Waals surface area contributed by atoms with Gasteiger partial charge in [-0.1, -0.05) is 18.2 Å². The molecule has 1 aromatic carbocycles. The van der Waals surface area contributed by atoms with Crippen molar-refractivity contribution in [3.63, 3.8) is 0 Å². The highest BCUT2D eigenvalue weighted by atomic mass is 32.2. The van der Waals surface area contributed by atoms with Gasteiger partial charge in [-0.15, -0.1) is 18.3 Å². The molecule has 0 aromatic heterocycles. The number of carbonyl (C=O) groups is 2. The average molecular weight is 265 g/mol. The zero-order valence-corrected chi connectivity index (χ0v) is 10.7. The molecule has 18 heavy (non-hydrogen) atoms. The zero-order valence-electron chi connectivity index (χ0n) is 9.89. The minimum atomic E-state index is -0.952. The minimum Gasteiger partial charge on any atom is -0.478 e. The third-order valence-corrected chi connectivity index (χ3v) is 3.10. The molecule has 0 saturated carbocycles. The fourth-order valence-electron chi connectivity index (χ4n) is 1.25. The number of hydrogen-bond donors (Lipinski definition) is 2. The standard InChI is InChI=1S/C13H15NO3S/c1-2-7-18-9-12(15)14-8-10-3-5-11(6-4-10)13(16)17/h2-6H,1,7-9H2,(H,14,15)(H,16,17). The van der Waals surface area contributed by atoms with Crippen LogP contribution in [0.2, 0.25) is 0 Å². The average Bonchev–Trinajstić information content (AvgIpc) is 2.37. The maximum atomic E-state index is 11.4. The summed E-state index contributed by atoms with van der Waals surface area (Å²) in [6.07, 6.45) is 1.75. The van der Waals surface area contributed by atoms with Crippen LogP contribution in [-0.4, -0.2) is 28.5 Å². The van der Waals surface area contributed by atoms with Crippen molar-refractivity contribution in [2.75, 3.05) is 11.5 Å². The number of nitrogens with one attached hydrogen (secondary N) is 1. The Bertz CT molecular complexity index is 428. The number of rotatable bonds is 7. The van der Waals surface area contributed by atoms with Crippen molar-refractivity contribution in [2.45, 2.75) is 6.54 Å². The first kappa shape index (κ1) is 14.3. The molecule has 0 aliphatic heterocycles. The van der Waals surface area contributed by atoms with Gasteiger partial charge in [0.15, 0.2) is 0 Å². The summed E-state index contributed by atoms with van der Waals surface area (Å²) < 4.78 is 0. The lowest BCUT2D eigenvalue weighted by atomic mass is 10.1. The van der Waals surface area contributed by atoms with Crippen LogP contribution in [0.4, 0.5) is 0 Å². The van der Waals surface area contributed by atoms with E-state index in [1.165, 1.54) is 23.9 Å². The molecule has 1 amide bonds. The van der Waals surface area contributed by atoms with E-state index in [4.69, 9.17) is 5.11 Å². The molecule has 1 aromatic rings. The SMILES string of the molecule is C=CCSCC(=O)NCc1ccc(C(=O)O)cc1. The Kier molecular flexibility index (Phi) is 6.00. The quantitative estimate of drug-likeness (QED) is 0.584. The van der Waals surface area contributed by atoms with Gasteiger partial charge in [-0.3, -0.25) is 4.79 Å². The summed E-state index contributed by atoms with van der Waals surface area (Å²) in [4.78, 5) is 22.1. The number of hydrogen-bond acceptors (Lipinski definition) is 3. The van der Waals surface area contributed by atoms with E-state index in [2.05, 4.69) is 11.9 Å². The molecule has 0 bridgehead atoms. The van der Waals surface area contributed by atoms with Gasteiger partial charge in [-0.05, 0) is 17.7 Å². The summed E-state index contributed by atoms with van der Waals surface area (Å²) in [5, 5.41) is 11.5. The predicted octanol–water partition coefficient (Wildman–Crippen LogP) is 1.92. The zero-order chi connectivity index (χ0) is 13.4. The van der Waals surface area contributed by atoms with E-state index in [-0.39, 0.29) is 11.5 Å². The van der Waals surface area contributed by atoms with Crippen molar-refractivity contribution in [1.29, 1.82) is 0 Å². The molecule has 5 heteroatoms. The molecule has 0 aliphatic rings. The molecule has 0 saturated heterocycles. The predicted molar refractivity (Wildman–Crippen MR) is 72.8 cm³/mol. The van der Waals surface area contributed by atoms with E-state index in [1.807, 2.05) is 0 Å². The summed E-state index contributed by atoms with van der Waals surface area (Å²) in [5.41, 5.74) is 1.12. The van der Waals surface area contributed by atoms with Crippen molar-refractivity contribution in [3.05, 3.63) is 48.0 Å². The van der Waals surface area contributed by atoms with Gasteiger partial charge < -0.3 is 10.4 Å². The fourth-order valence-corrected chi connectivity index (χ4v) is 1.82. The van der Waals surface area contributed by atoms with Crippen molar-refractivity contribution < 1.29 is 14.7 Å². The molecule has 0 heterocycles. The number of carboxylic acid groups (broad SMARTS) is 1. The highest BCUT2D eigenvalue weighted by molar-refractivity contribution is 8.00. The van der Waals surface area contributed by atoms with Gasteiger partial charge >= 0.3 is 5.97 Å². The van der Waals surface area contributed by atoms with Crippen LogP contribution in [0.5, 0.6) is 0 Å². The molecule has 0 unspecified atom stereocenters. The van der Waals surface area contributed by atoms with Crippen LogP contribution in [0, 0.1) is 0 Å². The summed E-state index contributed by atoms with van der Waals surface area (Å²) in [7, 11) is 0. The molecular formula is C13H15NO3S. The molecule has 0 fully saturated rings. The van der Waals surface area contributed by atoms with Crippen LogP contribution >= 0.6 is 11.8 Å². The van der Waals surface area contributed by atoms with Crippen LogP contribution in [0.25, 0.3) is 0 Å². The van der Waals surface area contributed by atoms with Crippen LogP contribution in [0.15, 0.2) is 36.9 Å². The van der Waals surface area contributed by atoms with Crippen LogP contribution in [0.3, 0.4) is 0 Å². The minimum absolute atomic E-state index is 0.0378. The maximum Gasteiger partial charge on any atom is 0.335 e. The third-order valence-electron chi connectivity index (χ3n) is 2.16. The summed E-state index contributed by atoms with van der Waals surface area (Å²) in [6, 6.07) is 6.44. The van der Waals surface area contributed by atoms with E-state index >= 15 is 0 Å². The molecule has 2 N–H and O–H groups in total. The first-order valence-corrected chi connectivity index (χ1v) is 6.56. The Morgan fingerprint density at radius 1 is 1.33 bits per heavy atom. The first-order chi connectivity index (χ1) is 8.63. The number of thioether (sulfide) groups is 1. The fraction of sp³-hybridized carbons (Fsp3) is 0.231. The summed E-state index contributed by atoms with van der Waals surface area (Å²) in [5.74, 6) is 0.163. The second-order valence-electron chi connectivity index (χ2n) is 3.58. The van der Waals surface area contributed by atoms with E-state index in [0.717, 1.165) is 11.3 Å². The lowest BCUT2D eigenvalue weighted by Gasteiger charge is -2.05. The second-order valence-corrected chi connectivity index (χ2v) is 4.61. The van der Waals surface area contributed by atoms with E-state index in [0.29, 0.717) is 12.3 Å². The van der Waals surface area contributed by atoms with E-state index in [1.54, 1.807) is 18.2 Å². The number of benzene rings is 1. The highest BCUT2D eigenvalue weighted by Gasteiger charge is 2.03. The van der Waals surface area contributed by atoms with Crippen LogP contribution < -0.4 is 5.32 Å². The van der Waals surface area contributed by atoms with Gasteiger partial charge in [0.2, 0.25) is 5.91 Å². The number of carbonyl (C=O) groups excluding carboxylic acids is 1. The Balaban J connectivity index is 2.36. The van der Waals surface area contributed by atoms with Gasteiger partial charge in [-0.2, -0.15) is 0 Å². The van der Waals surface area contributed by atoms with Crippen LogP contribution in [0.1, 0.15) is 15.9 Å². The van der Waals surface area contributed by atoms with Crippen molar-refractivity contribution in [2.24, 2.45) is 0 Å².